The molecule has 0 unspecified atom stereocenters. The van der Waals surface area contributed by atoms with Gasteiger partial charge in [-0.3, -0.25) is 4.79 Å². The molecule has 0 aliphatic heterocycles. The first kappa shape index (κ1) is 10.0. The zero-order chi connectivity index (χ0) is 9.68. The third kappa shape index (κ3) is 3.05. The standard InChI is InChI=1S/C9H10ClNO2/c10-8-5-7(3-1-2-4-12)9(13)11-6-8/h1,3,5-6,12H,2,4H2,(H,11,13). The van der Waals surface area contributed by atoms with E-state index < -0.39 is 0 Å². The second kappa shape index (κ2) is 4.84. The Hall–Kier alpha value is -1.06. The van der Waals surface area contributed by atoms with Crippen LogP contribution in [0.5, 0.6) is 0 Å². The van der Waals surface area contributed by atoms with Crippen molar-refractivity contribution < 1.29 is 5.11 Å². The van der Waals surface area contributed by atoms with E-state index in [0.29, 0.717) is 17.0 Å². The van der Waals surface area contributed by atoms with E-state index in [4.69, 9.17) is 16.7 Å². The maximum Gasteiger partial charge on any atom is 0.255 e. The topological polar surface area (TPSA) is 53.1 Å². The normalized spacial score (nSPS) is 10.9. The van der Waals surface area contributed by atoms with E-state index in [2.05, 4.69) is 4.98 Å². The summed E-state index contributed by atoms with van der Waals surface area (Å²) in [7, 11) is 0. The maximum absolute atomic E-state index is 11.1. The monoisotopic (exact) mass is 199 g/mol. The Labute approximate surface area is 80.7 Å². The highest BCUT2D eigenvalue weighted by Crippen LogP contribution is 2.06. The predicted molar refractivity (Wildman–Crippen MR) is 52.8 cm³/mol. The van der Waals surface area contributed by atoms with Gasteiger partial charge in [-0.2, -0.15) is 0 Å². The van der Waals surface area contributed by atoms with E-state index in [0.717, 1.165) is 0 Å². The summed E-state index contributed by atoms with van der Waals surface area (Å²) >= 11 is 5.68. The molecule has 1 aromatic heterocycles. The number of aliphatic hydroxyl groups excluding tert-OH is 1. The second-order valence-electron chi connectivity index (χ2n) is 2.52. The molecule has 4 heteroatoms. The molecule has 0 aliphatic carbocycles. The van der Waals surface area contributed by atoms with Gasteiger partial charge in [-0.1, -0.05) is 23.8 Å². The van der Waals surface area contributed by atoms with Crippen LogP contribution >= 0.6 is 11.6 Å². The van der Waals surface area contributed by atoms with E-state index in [-0.39, 0.29) is 12.2 Å². The van der Waals surface area contributed by atoms with Crippen LogP contribution in [-0.4, -0.2) is 16.7 Å². The number of nitrogens with one attached hydrogen (secondary N) is 1. The van der Waals surface area contributed by atoms with Gasteiger partial charge in [0.05, 0.1) is 5.02 Å². The van der Waals surface area contributed by atoms with Crippen LogP contribution in [-0.2, 0) is 0 Å². The number of pyridine rings is 1. The summed E-state index contributed by atoms with van der Waals surface area (Å²) in [5.74, 6) is 0. The minimum atomic E-state index is -0.182. The molecule has 0 aliphatic rings. The molecule has 2 N–H and O–H groups in total. The van der Waals surface area contributed by atoms with Crippen molar-refractivity contribution >= 4 is 17.7 Å². The molecule has 0 bridgehead atoms. The lowest BCUT2D eigenvalue weighted by molar-refractivity contribution is 0.303. The Morgan fingerprint density at radius 1 is 1.62 bits per heavy atom. The van der Waals surface area contributed by atoms with Crippen molar-refractivity contribution in [2.45, 2.75) is 6.42 Å². The van der Waals surface area contributed by atoms with E-state index in [1.54, 1.807) is 18.2 Å². The van der Waals surface area contributed by atoms with Gasteiger partial charge in [0.15, 0.2) is 0 Å². The summed E-state index contributed by atoms with van der Waals surface area (Å²) in [5.41, 5.74) is 0.319. The molecule has 0 aromatic carbocycles. The van der Waals surface area contributed by atoms with Crippen molar-refractivity contribution in [2.24, 2.45) is 0 Å². The van der Waals surface area contributed by atoms with Crippen LogP contribution in [0.25, 0.3) is 6.08 Å². The van der Waals surface area contributed by atoms with Gasteiger partial charge in [-0.15, -0.1) is 0 Å². The van der Waals surface area contributed by atoms with E-state index in [9.17, 15) is 4.79 Å². The number of hydrogen-bond acceptors (Lipinski definition) is 2. The summed E-state index contributed by atoms with van der Waals surface area (Å²) in [4.78, 5) is 13.6. The molecule has 3 nitrogen and oxygen atoms in total. The summed E-state index contributed by atoms with van der Waals surface area (Å²) in [5, 5.41) is 8.99. The molecule has 13 heavy (non-hydrogen) atoms. The van der Waals surface area contributed by atoms with Gasteiger partial charge in [-0.05, 0) is 12.5 Å². The van der Waals surface area contributed by atoms with Crippen LogP contribution in [0, 0.1) is 0 Å². The molecule has 0 radical (unpaired) electrons. The third-order valence-electron chi connectivity index (χ3n) is 1.49. The predicted octanol–water partition coefficient (Wildman–Crippen LogP) is 1.42. The lowest BCUT2D eigenvalue weighted by Gasteiger charge is -1.92. The first-order valence-electron chi connectivity index (χ1n) is 3.89. The van der Waals surface area contributed by atoms with Gasteiger partial charge in [-0.25, -0.2) is 0 Å². The van der Waals surface area contributed by atoms with Gasteiger partial charge < -0.3 is 10.1 Å². The molecule has 0 saturated carbocycles. The van der Waals surface area contributed by atoms with Gasteiger partial charge in [0, 0.05) is 18.4 Å². The van der Waals surface area contributed by atoms with Crippen molar-refractivity contribution in [1.82, 2.24) is 4.98 Å². The number of rotatable bonds is 3. The molecular formula is C9H10ClNO2. The first-order valence-corrected chi connectivity index (χ1v) is 4.27. The quantitative estimate of drug-likeness (QED) is 0.774. The average Bonchev–Trinajstić information content (AvgIpc) is 2.11. The molecule has 0 atom stereocenters. The minimum Gasteiger partial charge on any atom is -0.396 e. The summed E-state index contributed by atoms with van der Waals surface area (Å²) in [6.45, 7) is 0.0783. The number of H-pyrrole nitrogens is 1. The molecule has 1 heterocycles. The lowest BCUT2D eigenvalue weighted by atomic mass is 10.2. The van der Waals surface area contributed by atoms with Crippen LogP contribution in [0.4, 0.5) is 0 Å². The highest BCUT2D eigenvalue weighted by atomic mass is 35.5. The van der Waals surface area contributed by atoms with E-state index in [1.807, 2.05) is 0 Å². The Balaban J connectivity index is 2.87. The van der Waals surface area contributed by atoms with Crippen LogP contribution in [0.3, 0.4) is 0 Å². The number of aromatic nitrogens is 1. The third-order valence-corrected chi connectivity index (χ3v) is 1.71. The van der Waals surface area contributed by atoms with E-state index in [1.165, 1.54) is 6.20 Å². The molecule has 0 spiro atoms. The molecule has 0 fully saturated rings. The Morgan fingerprint density at radius 2 is 2.38 bits per heavy atom. The minimum absolute atomic E-state index is 0.0783. The fourth-order valence-electron chi connectivity index (χ4n) is 0.882. The van der Waals surface area contributed by atoms with Crippen LogP contribution in [0.15, 0.2) is 23.1 Å². The van der Waals surface area contributed by atoms with Gasteiger partial charge in [0.2, 0.25) is 0 Å². The van der Waals surface area contributed by atoms with Crippen molar-refractivity contribution in [3.8, 4) is 0 Å². The van der Waals surface area contributed by atoms with Crippen molar-refractivity contribution in [1.29, 1.82) is 0 Å². The molecule has 1 aromatic rings. The lowest BCUT2D eigenvalue weighted by Crippen LogP contribution is -2.07. The fourth-order valence-corrected chi connectivity index (χ4v) is 1.05. The molecule has 0 amide bonds. The van der Waals surface area contributed by atoms with Gasteiger partial charge >= 0.3 is 0 Å². The Kier molecular flexibility index (Phi) is 3.73. The average molecular weight is 200 g/mol. The SMILES string of the molecule is O=c1[nH]cc(Cl)cc1C=CCCO. The van der Waals surface area contributed by atoms with E-state index >= 15 is 0 Å². The number of hydrogen-bond donors (Lipinski definition) is 2. The smallest absolute Gasteiger partial charge is 0.255 e. The zero-order valence-corrected chi connectivity index (χ0v) is 7.71. The van der Waals surface area contributed by atoms with Crippen LogP contribution in [0.2, 0.25) is 5.02 Å². The molecule has 1 rings (SSSR count). The van der Waals surface area contributed by atoms with Crippen LogP contribution < -0.4 is 5.56 Å². The Morgan fingerprint density at radius 3 is 3.08 bits per heavy atom. The van der Waals surface area contributed by atoms with Gasteiger partial charge in [0.25, 0.3) is 5.56 Å². The largest absolute Gasteiger partial charge is 0.396 e. The van der Waals surface area contributed by atoms with Gasteiger partial charge in [0.1, 0.15) is 0 Å². The first-order chi connectivity index (χ1) is 6.24. The number of aromatic amines is 1. The highest BCUT2D eigenvalue weighted by Gasteiger charge is 1.95. The zero-order valence-electron chi connectivity index (χ0n) is 6.96. The Bertz CT molecular complexity index is 357. The van der Waals surface area contributed by atoms with Crippen molar-refractivity contribution in [2.75, 3.05) is 6.61 Å². The molecule has 70 valence electrons. The van der Waals surface area contributed by atoms with Crippen molar-refractivity contribution in [3.05, 3.63) is 39.3 Å². The maximum atomic E-state index is 11.1. The van der Waals surface area contributed by atoms with Crippen molar-refractivity contribution in [3.63, 3.8) is 0 Å². The fraction of sp³-hybridized carbons (Fsp3) is 0.222. The highest BCUT2D eigenvalue weighted by molar-refractivity contribution is 6.30. The summed E-state index contributed by atoms with van der Waals surface area (Å²) in [6.07, 6.45) is 5.33. The number of halogens is 1. The summed E-state index contributed by atoms with van der Waals surface area (Å²) < 4.78 is 0. The summed E-state index contributed by atoms with van der Waals surface area (Å²) in [6, 6.07) is 1.58. The molecular weight excluding hydrogens is 190 g/mol. The number of aliphatic hydroxyl groups is 1. The molecule has 0 saturated heterocycles. The second-order valence-corrected chi connectivity index (χ2v) is 2.95. The van der Waals surface area contributed by atoms with Crippen LogP contribution in [0.1, 0.15) is 12.0 Å².